The van der Waals surface area contributed by atoms with Crippen molar-refractivity contribution in [3.05, 3.63) is 60.1 Å². The highest BCUT2D eigenvalue weighted by atomic mass is 16.3. The minimum Gasteiger partial charge on any atom is -0.467 e. The van der Waals surface area contributed by atoms with Crippen molar-refractivity contribution in [3.63, 3.8) is 0 Å². The summed E-state index contributed by atoms with van der Waals surface area (Å²) in [4.78, 5) is 26.8. The molecule has 1 saturated carbocycles. The Bertz CT molecular complexity index is 790. The lowest BCUT2D eigenvalue weighted by Gasteiger charge is -2.61. The number of hydrogen-bond donors (Lipinski definition) is 2. The van der Waals surface area contributed by atoms with Crippen molar-refractivity contribution in [2.75, 3.05) is 13.1 Å². The van der Waals surface area contributed by atoms with Crippen LogP contribution in [-0.4, -0.2) is 29.9 Å². The molecule has 1 saturated heterocycles. The topological polar surface area (TPSA) is 74.6 Å². The first-order chi connectivity index (χ1) is 13.2. The van der Waals surface area contributed by atoms with Gasteiger partial charge < -0.3 is 20.0 Å². The molecule has 6 nitrogen and oxygen atoms in total. The van der Waals surface area contributed by atoms with Gasteiger partial charge in [0.05, 0.1) is 24.9 Å². The average Bonchev–Trinajstić information content (AvgIpc) is 3.20. The molecule has 1 aliphatic carbocycles. The van der Waals surface area contributed by atoms with Crippen LogP contribution in [0.4, 0.5) is 4.79 Å². The predicted molar refractivity (Wildman–Crippen MR) is 101 cm³/mol. The Labute approximate surface area is 158 Å². The fourth-order valence-electron chi connectivity index (χ4n) is 4.58. The van der Waals surface area contributed by atoms with E-state index in [2.05, 4.69) is 22.8 Å². The molecule has 1 aliphatic heterocycles. The zero-order valence-electron chi connectivity index (χ0n) is 15.3. The molecular formula is C21H25N3O3. The first-order valence-corrected chi connectivity index (χ1v) is 9.60. The highest BCUT2D eigenvalue weighted by molar-refractivity contribution is 5.85. The van der Waals surface area contributed by atoms with Crippen molar-refractivity contribution in [2.24, 2.45) is 5.92 Å². The SMILES string of the molecule is O=C(NCC(=O)N1CC2CCCCC21c1ccccc1)NCc1ccco1. The van der Waals surface area contributed by atoms with Crippen LogP contribution in [0.2, 0.25) is 0 Å². The van der Waals surface area contributed by atoms with Gasteiger partial charge in [-0.1, -0.05) is 43.2 Å². The van der Waals surface area contributed by atoms with Gasteiger partial charge in [0.2, 0.25) is 5.91 Å². The summed E-state index contributed by atoms with van der Waals surface area (Å²) in [5.41, 5.74) is 1.03. The molecule has 2 aromatic rings. The summed E-state index contributed by atoms with van der Waals surface area (Å²) >= 11 is 0. The van der Waals surface area contributed by atoms with Crippen molar-refractivity contribution in [1.29, 1.82) is 0 Å². The number of rotatable bonds is 5. The van der Waals surface area contributed by atoms with E-state index in [0.29, 0.717) is 18.2 Å². The van der Waals surface area contributed by atoms with Crippen LogP contribution in [0.3, 0.4) is 0 Å². The van der Waals surface area contributed by atoms with Crippen LogP contribution < -0.4 is 10.6 Å². The van der Waals surface area contributed by atoms with Gasteiger partial charge in [-0.2, -0.15) is 0 Å². The van der Waals surface area contributed by atoms with Gasteiger partial charge in [0.25, 0.3) is 0 Å². The van der Waals surface area contributed by atoms with Crippen molar-refractivity contribution in [3.8, 4) is 0 Å². The highest BCUT2D eigenvalue weighted by Gasteiger charge is 2.56. The van der Waals surface area contributed by atoms with E-state index < -0.39 is 0 Å². The Hall–Kier alpha value is -2.76. The second kappa shape index (κ2) is 7.47. The number of nitrogens with one attached hydrogen (secondary N) is 2. The molecule has 4 rings (SSSR count). The second-order valence-electron chi connectivity index (χ2n) is 7.35. The molecule has 142 valence electrons. The number of furan rings is 1. The molecule has 0 radical (unpaired) electrons. The standard InChI is InChI=1S/C21H25N3O3/c25-19(14-23-20(26)22-13-18-10-6-12-27-18)24-15-17-9-4-5-11-21(17,24)16-7-2-1-3-8-16/h1-3,6-8,10,12,17H,4-5,9,11,13-15H2,(H2,22,23,26). The summed E-state index contributed by atoms with van der Waals surface area (Å²) < 4.78 is 5.18. The van der Waals surface area contributed by atoms with E-state index in [-0.39, 0.29) is 24.0 Å². The van der Waals surface area contributed by atoms with Gasteiger partial charge in [-0.15, -0.1) is 0 Å². The van der Waals surface area contributed by atoms with Crippen molar-refractivity contribution < 1.29 is 14.0 Å². The fraction of sp³-hybridized carbons (Fsp3) is 0.429. The number of hydrogen-bond acceptors (Lipinski definition) is 3. The van der Waals surface area contributed by atoms with Crippen LogP contribution in [0.25, 0.3) is 0 Å². The van der Waals surface area contributed by atoms with Crippen LogP contribution in [0.1, 0.15) is 37.0 Å². The van der Waals surface area contributed by atoms with E-state index in [1.165, 1.54) is 12.0 Å². The Kier molecular flexibility index (Phi) is 4.88. The smallest absolute Gasteiger partial charge is 0.315 e. The maximum absolute atomic E-state index is 12.9. The van der Waals surface area contributed by atoms with Crippen LogP contribution in [0.15, 0.2) is 53.1 Å². The maximum atomic E-state index is 12.9. The Morgan fingerprint density at radius 1 is 1.11 bits per heavy atom. The summed E-state index contributed by atoms with van der Waals surface area (Å²) in [6.45, 7) is 1.08. The third-order valence-corrected chi connectivity index (χ3v) is 5.90. The molecule has 2 aliphatic rings. The normalized spacial score (nSPS) is 23.9. The fourth-order valence-corrected chi connectivity index (χ4v) is 4.58. The van der Waals surface area contributed by atoms with Crippen LogP contribution >= 0.6 is 0 Å². The zero-order chi connectivity index (χ0) is 18.7. The van der Waals surface area contributed by atoms with Crippen molar-refractivity contribution in [2.45, 2.75) is 37.8 Å². The monoisotopic (exact) mass is 367 g/mol. The highest BCUT2D eigenvalue weighted by Crippen LogP contribution is 2.53. The second-order valence-corrected chi connectivity index (χ2v) is 7.35. The molecule has 0 spiro atoms. The number of likely N-dealkylation sites (tertiary alicyclic amines) is 1. The molecule has 0 bridgehead atoms. The molecule has 1 aromatic carbocycles. The van der Waals surface area contributed by atoms with E-state index in [4.69, 9.17) is 4.42 Å². The predicted octanol–water partition coefficient (Wildman–Crippen LogP) is 3.01. The van der Waals surface area contributed by atoms with Gasteiger partial charge in [-0.3, -0.25) is 4.79 Å². The minimum absolute atomic E-state index is 0.00525. The lowest BCUT2D eigenvalue weighted by Crippen LogP contribution is -2.68. The van der Waals surface area contributed by atoms with E-state index in [1.807, 2.05) is 23.1 Å². The maximum Gasteiger partial charge on any atom is 0.315 e. The molecule has 2 atom stereocenters. The summed E-state index contributed by atoms with van der Waals surface area (Å²) in [5, 5.41) is 5.37. The van der Waals surface area contributed by atoms with Gasteiger partial charge in [-0.25, -0.2) is 4.79 Å². The number of benzene rings is 1. The number of urea groups is 1. The minimum atomic E-state index is -0.366. The third kappa shape index (κ3) is 3.31. The number of amides is 3. The number of fused-ring (bicyclic) bond motifs is 1. The molecule has 1 aromatic heterocycles. The van der Waals surface area contributed by atoms with E-state index >= 15 is 0 Å². The zero-order valence-corrected chi connectivity index (χ0v) is 15.3. The number of nitrogens with zero attached hydrogens (tertiary/aromatic N) is 1. The van der Waals surface area contributed by atoms with Crippen LogP contribution in [0.5, 0.6) is 0 Å². The molecule has 3 amide bonds. The lowest BCUT2D eigenvalue weighted by atomic mass is 9.61. The number of carbonyl (C=O) groups is 2. The largest absolute Gasteiger partial charge is 0.467 e. The van der Waals surface area contributed by atoms with Gasteiger partial charge in [0.1, 0.15) is 5.76 Å². The first-order valence-electron chi connectivity index (χ1n) is 9.60. The van der Waals surface area contributed by atoms with E-state index in [0.717, 1.165) is 25.8 Å². The third-order valence-electron chi connectivity index (χ3n) is 5.90. The van der Waals surface area contributed by atoms with Crippen LogP contribution in [0, 0.1) is 5.92 Å². The van der Waals surface area contributed by atoms with Crippen LogP contribution in [-0.2, 0) is 16.9 Å². The van der Waals surface area contributed by atoms with Crippen molar-refractivity contribution >= 4 is 11.9 Å². The Morgan fingerprint density at radius 3 is 2.70 bits per heavy atom. The molecular weight excluding hydrogens is 342 g/mol. The average molecular weight is 367 g/mol. The first kappa shape index (κ1) is 17.6. The Balaban J connectivity index is 1.37. The van der Waals surface area contributed by atoms with Crippen molar-refractivity contribution in [1.82, 2.24) is 15.5 Å². The quantitative estimate of drug-likeness (QED) is 0.853. The van der Waals surface area contributed by atoms with E-state index in [9.17, 15) is 9.59 Å². The molecule has 2 fully saturated rings. The molecule has 27 heavy (non-hydrogen) atoms. The van der Waals surface area contributed by atoms with Gasteiger partial charge in [0.15, 0.2) is 0 Å². The summed E-state index contributed by atoms with van der Waals surface area (Å²) in [6.07, 6.45) is 6.08. The summed E-state index contributed by atoms with van der Waals surface area (Å²) in [6, 6.07) is 13.5. The summed E-state index contributed by atoms with van der Waals surface area (Å²) in [5.74, 6) is 1.17. The van der Waals surface area contributed by atoms with Gasteiger partial charge in [0, 0.05) is 12.5 Å². The molecule has 6 heteroatoms. The summed E-state index contributed by atoms with van der Waals surface area (Å²) in [7, 11) is 0. The number of carbonyl (C=O) groups excluding carboxylic acids is 2. The molecule has 2 heterocycles. The van der Waals surface area contributed by atoms with Gasteiger partial charge >= 0.3 is 6.03 Å². The van der Waals surface area contributed by atoms with Gasteiger partial charge in [-0.05, 0) is 30.5 Å². The van der Waals surface area contributed by atoms with E-state index in [1.54, 1.807) is 18.4 Å². The molecule has 2 unspecified atom stereocenters. The lowest BCUT2D eigenvalue weighted by molar-refractivity contribution is -0.165. The molecule has 2 N–H and O–H groups in total. The Morgan fingerprint density at radius 2 is 1.96 bits per heavy atom.